The standard InChI is InChI=1S/C13H18N2O2/c1-9(16)8-15-13(17)11-4-2-6-12-10(11)5-3-7-14-12/h2,4,6,9,14,16H,3,5,7-8H2,1H3,(H,15,17). The van der Waals surface area contributed by atoms with Crippen molar-refractivity contribution >= 4 is 11.6 Å². The van der Waals surface area contributed by atoms with E-state index in [2.05, 4.69) is 10.6 Å². The highest BCUT2D eigenvalue weighted by molar-refractivity contribution is 5.97. The Hall–Kier alpha value is -1.55. The van der Waals surface area contributed by atoms with Gasteiger partial charge in [0.1, 0.15) is 0 Å². The van der Waals surface area contributed by atoms with E-state index in [1.807, 2.05) is 18.2 Å². The third-order valence-corrected chi connectivity index (χ3v) is 2.90. The van der Waals surface area contributed by atoms with Gasteiger partial charge in [-0.3, -0.25) is 4.79 Å². The van der Waals surface area contributed by atoms with Crippen LogP contribution in [0.25, 0.3) is 0 Å². The third-order valence-electron chi connectivity index (χ3n) is 2.90. The zero-order valence-corrected chi connectivity index (χ0v) is 9.99. The summed E-state index contributed by atoms with van der Waals surface area (Å²) >= 11 is 0. The highest BCUT2D eigenvalue weighted by Gasteiger charge is 2.17. The van der Waals surface area contributed by atoms with E-state index >= 15 is 0 Å². The lowest BCUT2D eigenvalue weighted by molar-refractivity contribution is 0.0923. The molecule has 0 radical (unpaired) electrons. The Labute approximate surface area is 101 Å². The Morgan fingerprint density at radius 1 is 1.59 bits per heavy atom. The first-order valence-corrected chi connectivity index (χ1v) is 6.00. The topological polar surface area (TPSA) is 61.4 Å². The normalized spacial score (nSPS) is 15.6. The first-order chi connectivity index (χ1) is 8.18. The Balaban J connectivity index is 2.17. The van der Waals surface area contributed by atoms with Crippen molar-refractivity contribution in [3.63, 3.8) is 0 Å². The SMILES string of the molecule is CC(O)CNC(=O)c1cccc2c1CCCN2. The largest absolute Gasteiger partial charge is 0.392 e. The summed E-state index contributed by atoms with van der Waals surface area (Å²) < 4.78 is 0. The number of hydrogen-bond donors (Lipinski definition) is 3. The van der Waals surface area contributed by atoms with Crippen LogP contribution in [0.4, 0.5) is 5.69 Å². The van der Waals surface area contributed by atoms with Gasteiger partial charge in [-0.25, -0.2) is 0 Å². The summed E-state index contributed by atoms with van der Waals surface area (Å²) in [4.78, 5) is 12.0. The monoisotopic (exact) mass is 234 g/mol. The molecule has 2 rings (SSSR count). The number of aliphatic hydroxyl groups is 1. The van der Waals surface area contributed by atoms with Crippen LogP contribution in [0.3, 0.4) is 0 Å². The zero-order chi connectivity index (χ0) is 12.3. The van der Waals surface area contributed by atoms with Crippen molar-refractivity contribution in [3.05, 3.63) is 29.3 Å². The number of rotatable bonds is 3. The quantitative estimate of drug-likeness (QED) is 0.735. The molecule has 1 aliphatic heterocycles. The van der Waals surface area contributed by atoms with Crippen molar-refractivity contribution in [1.29, 1.82) is 0 Å². The molecule has 1 unspecified atom stereocenters. The number of anilines is 1. The third kappa shape index (κ3) is 2.77. The summed E-state index contributed by atoms with van der Waals surface area (Å²) in [6, 6.07) is 5.72. The summed E-state index contributed by atoms with van der Waals surface area (Å²) in [5.41, 5.74) is 2.86. The molecule has 4 nitrogen and oxygen atoms in total. The molecule has 0 aromatic heterocycles. The Bertz CT molecular complexity index is 416. The molecule has 1 aliphatic rings. The van der Waals surface area contributed by atoms with Gasteiger partial charge >= 0.3 is 0 Å². The highest BCUT2D eigenvalue weighted by atomic mass is 16.3. The van der Waals surface area contributed by atoms with Crippen LogP contribution in [-0.2, 0) is 6.42 Å². The molecular weight excluding hydrogens is 216 g/mol. The minimum Gasteiger partial charge on any atom is -0.392 e. The number of aliphatic hydroxyl groups excluding tert-OH is 1. The van der Waals surface area contributed by atoms with Crippen LogP contribution in [0.15, 0.2) is 18.2 Å². The molecule has 0 fully saturated rings. The minimum atomic E-state index is -0.517. The van der Waals surface area contributed by atoms with Crippen LogP contribution in [-0.4, -0.2) is 30.2 Å². The summed E-state index contributed by atoms with van der Waals surface area (Å²) in [5.74, 6) is -0.105. The predicted octanol–water partition coefficient (Wildman–Crippen LogP) is 1.16. The number of carbonyl (C=O) groups is 1. The lowest BCUT2D eigenvalue weighted by Gasteiger charge is -2.20. The molecule has 0 bridgehead atoms. The van der Waals surface area contributed by atoms with E-state index in [9.17, 15) is 4.79 Å². The molecule has 1 aromatic carbocycles. The maximum atomic E-state index is 12.0. The maximum absolute atomic E-state index is 12.0. The number of carbonyl (C=O) groups excluding carboxylic acids is 1. The van der Waals surface area contributed by atoms with E-state index in [1.54, 1.807) is 6.92 Å². The van der Waals surface area contributed by atoms with Gasteiger partial charge in [0.15, 0.2) is 0 Å². The fraction of sp³-hybridized carbons (Fsp3) is 0.462. The fourth-order valence-electron chi connectivity index (χ4n) is 2.06. The van der Waals surface area contributed by atoms with Crippen molar-refractivity contribution in [2.45, 2.75) is 25.9 Å². The van der Waals surface area contributed by atoms with Gasteiger partial charge in [0, 0.05) is 24.3 Å². The second-order valence-electron chi connectivity index (χ2n) is 4.42. The van der Waals surface area contributed by atoms with Crippen molar-refractivity contribution in [3.8, 4) is 0 Å². The Morgan fingerprint density at radius 2 is 2.41 bits per heavy atom. The molecular formula is C13H18N2O2. The molecule has 1 amide bonds. The number of amides is 1. The Morgan fingerprint density at radius 3 is 3.18 bits per heavy atom. The van der Waals surface area contributed by atoms with E-state index in [0.717, 1.165) is 36.2 Å². The lowest BCUT2D eigenvalue weighted by atomic mass is 9.97. The van der Waals surface area contributed by atoms with Gasteiger partial charge in [-0.2, -0.15) is 0 Å². The van der Waals surface area contributed by atoms with E-state index < -0.39 is 6.10 Å². The van der Waals surface area contributed by atoms with Crippen molar-refractivity contribution in [2.24, 2.45) is 0 Å². The van der Waals surface area contributed by atoms with E-state index in [4.69, 9.17) is 5.11 Å². The smallest absolute Gasteiger partial charge is 0.251 e. The number of fused-ring (bicyclic) bond motifs is 1. The Kier molecular flexibility index (Phi) is 3.64. The second kappa shape index (κ2) is 5.19. The maximum Gasteiger partial charge on any atom is 0.251 e. The van der Waals surface area contributed by atoms with Gasteiger partial charge in [0.05, 0.1) is 6.10 Å². The van der Waals surface area contributed by atoms with Crippen LogP contribution in [0.1, 0.15) is 29.3 Å². The van der Waals surface area contributed by atoms with Crippen molar-refractivity contribution in [2.75, 3.05) is 18.4 Å². The molecule has 1 aromatic rings. The summed E-state index contributed by atoms with van der Waals surface area (Å²) in [6.07, 6.45) is 1.46. The molecule has 0 saturated heterocycles. The summed E-state index contributed by atoms with van der Waals surface area (Å²) in [5, 5.41) is 15.2. The number of benzene rings is 1. The molecule has 0 saturated carbocycles. The highest BCUT2D eigenvalue weighted by Crippen LogP contribution is 2.25. The van der Waals surface area contributed by atoms with Gasteiger partial charge in [0.25, 0.3) is 5.91 Å². The molecule has 17 heavy (non-hydrogen) atoms. The molecule has 4 heteroatoms. The average molecular weight is 234 g/mol. The molecule has 0 spiro atoms. The van der Waals surface area contributed by atoms with E-state index in [1.165, 1.54) is 0 Å². The average Bonchev–Trinajstić information content (AvgIpc) is 2.35. The molecule has 3 N–H and O–H groups in total. The number of hydrogen-bond acceptors (Lipinski definition) is 3. The van der Waals surface area contributed by atoms with Crippen LogP contribution in [0.2, 0.25) is 0 Å². The first-order valence-electron chi connectivity index (χ1n) is 6.00. The van der Waals surface area contributed by atoms with E-state index in [-0.39, 0.29) is 12.5 Å². The zero-order valence-electron chi connectivity index (χ0n) is 9.99. The van der Waals surface area contributed by atoms with Crippen LogP contribution in [0.5, 0.6) is 0 Å². The van der Waals surface area contributed by atoms with Crippen LogP contribution in [0, 0.1) is 0 Å². The molecule has 1 heterocycles. The lowest BCUT2D eigenvalue weighted by Crippen LogP contribution is -2.31. The molecule has 1 atom stereocenters. The van der Waals surface area contributed by atoms with Crippen LogP contribution >= 0.6 is 0 Å². The molecule has 92 valence electrons. The van der Waals surface area contributed by atoms with Gasteiger partial charge in [-0.1, -0.05) is 6.07 Å². The summed E-state index contributed by atoms with van der Waals surface area (Å²) in [6.45, 7) is 2.91. The first kappa shape index (κ1) is 11.9. The van der Waals surface area contributed by atoms with Gasteiger partial charge in [0.2, 0.25) is 0 Å². The van der Waals surface area contributed by atoms with Crippen LogP contribution < -0.4 is 10.6 Å². The van der Waals surface area contributed by atoms with E-state index in [0.29, 0.717) is 0 Å². The molecule has 0 aliphatic carbocycles. The van der Waals surface area contributed by atoms with Gasteiger partial charge < -0.3 is 15.7 Å². The second-order valence-corrected chi connectivity index (χ2v) is 4.42. The van der Waals surface area contributed by atoms with Gasteiger partial charge in [-0.05, 0) is 37.5 Å². The predicted molar refractivity (Wildman–Crippen MR) is 67.3 cm³/mol. The van der Waals surface area contributed by atoms with Crippen molar-refractivity contribution in [1.82, 2.24) is 5.32 Å². The fourth-order valence-corrected chi connectivity index (χ4v) is 2.06. The van der Waals surface area contributed by atoms with Gasteiger partial charge in [-0.15, -0.1) is 0 Å². The van der Waals surface area contributed by atoms with Crippen molar-refractivity contribution < 1.29 is 9.90 Å². The minimum absolute atomic E-state index is 0.105. The number of nitrogens with one attached hydrogen (secondary N) is 2. The summed E-state index contributed by atoms with van der Waals surface area (Å²) in [7, 11) is 0.